The molecule has 17 heavy (non-hydrogen) atoms. The molecule has 2 unspecified atom stereocenters. The molecule has 2 aliphatic rings. The minimum atomic E-state index is -0.649. The Morgan fingerprint density at radius 1 is 1.35 bits per heavy atom. The largest absolute Gasteiger partial charge is 0.388 e. The third-order valence-corrected chi connectivity index (χ3v) is 4.89. The molecular formula is C15H21NO. The zero-order valence-electron chi connectivity index (χ0n) is 10.7. The molecule has 1 aromatic rings. The molecule has 0 amide bonds. The third-order valence-electron chi connectivity index (χ3n) is 4.89. The number of fused-ring (bicyclic) bond motifs is 1. The van der Waals surface area contributed by atoms with Crippen LogP contribution in [0.2, 0.25) is 0 Å². The molecule has 1 aliphatic heterocycles. The lowest BCUT2D eigenvalue weighted by atomic mass is 9.75. The fourth-order valence-corrected chi connectivity index (χ4v) is 3.05. The highest BCUT2D eigenvalue weighted by molar-refractivity contribution is 5.35. The topological polar surface area (TPSA) is 32.3 Å². The Labute approximate surface area is 103 Å². The minimum Gasteiger partial charge on any atom is -0.388 e. The summed E-state index contributed by atoms with van der Waals surface area (Å²) in [5, 5.41) is 14.4. The summed E-state index contributed by atoms with van der Waals surface area (Å²) in [5.74, 6) is 0. The van der Waals surface area contributed by atoms with E-state index in [-0.39, 0.29) is 11.5 Å². The van der Waals surface area contributed by atoms with Crippen LogP contribution in [-0.4, -0.2) is 17.3 Å². The standard InChI is InChI=1S/C15H21NO/c1-14(8-9-14)15(2,17)13-12-6-4-3-5-11(12)7-10-16-13/h3-6,13,16-17H,7-10H2,1-2H3. The zero-order chi connectivity index (χ0) is 12.1. The molecule has 0 saturated heterocycles. The molecule has 0 radical (unpaired) electrons. The van der Waals surface area contributed by atoms with Crippen molar-refractivity contribution in [3.63, 3.8) is 0 Å². The summed E-state index contributed by atoms with van der Waals surface area (Å²) in [7, 11) is 0. The molecule has 0 spiro atoms. The summed E-state index contributed by atoms with van der Waals surface area (Å²) in [4.78, 5) is 0. The molecule has 92 valence electrons. The second kappa shape index (κ2) is 3.56. The molecule has 2 atom stereocenters. The average molecular weight is 231 g/mol. The number of nitrogens with one attached hydrogen (secondary N) is 1. The maximum absolute atomic E-state index is 10.9. The molecule has 1 aromatic carbocycles. The molecule has 3 rings (SSSR count). The fourth-order valence-electron chi connectivity index (χ4n) is 3.05. The molecule has 2 nitrogen and oxygen atoms in total. The molecule has 1 heterocycles. The lowest BCUT2D eigenvalue weighted by molar-refractivity contribution is -0.0445. The van der Waals surface area contributed by atoms with Gasteiger partial charge in [-0.05, 0) is 49.3 Å². The number of benzene rings is 1. The Balaban J connectivity index is 2.00. The molecule has 1 aliphatic carbocycles. The highest BCUT2D eigenvalue weighted by atomic mass is 16.3. The lowest BCUT2D eigenvalue weighted by Crippen LogP contribution is -2.50. The first-order valence-corrected chi connectivity index (χ1v) is 6.58. The van der Waals surface area contributed by atoms with E-state index in [1.165, 1.54) is 11.1 Å². The minimum absolute atomic E-state index is 0.0833. The SMILES string of the molecule is CC1(C(C)(O)C2NCCc3ccccc32)CC1. The van der Waals surface area contributed by atoms with Crippen LogP contribution in [0.25, 0.3) is 0 Å². The van der Waals surface area contributed by atoms with E-state index in [2.05, 4.69) is 36.5 Å². The molecule has 0 bridgehead atoms. The van der Waals surface area contributed by atoms with Crippen molar-refractivity contribution in [2.24, 2.45) is 5.41 Å². The number of hydrogen-bond acceptors (Lipinski definition) is 2. The Hall–Kier alpha value is -0.860. The second-order valence-corrected chi connectivity index (χ2v) is 6.04. The van der Waals surface area contributed by atoms with Gasteiger partial charge in [-0.1, -0.05) is 31.2 Å². The van der Waals surface area contributed by atoms with Crippen LogP contribution in [0.1, 0.15) is 43.9 Å². The van der Waals surface area contributed by atoms with E-state index >= 15 is 0 Å². The summed E-state index contributed by atoms with van der Waals surface area (Å²) in [6, 6.07) is 8.60. The number of rotatable bonds is 2. The van der Waals surface area contributed by atoms with Crippen LogP contribution in [0.5, 0.6) is 0 Å². The van der Waals surface area contributed by atoms with Crippen molar-refractivity contribution < 1.29 is 5.11 Å². The first kappa shape index (κ1) is 11.2. The van der Waals surface area contributed by atoms with E-state index in [0.717, 1.165) is 25.8 Å². The summed E-state index contributed by atoms with van der Waals surface area (Å²) < 4.78 is 0. The maximum atomic E-state index is 10.9. The number of hydrogen-bond donors (Lipinski definition) is 2. The van der Waals surface area contributed by atoms with Gasteiger partial charge >= 0.3 is 0 Å². The van der Waals surface area contributed by atoms with Gasteiger partial charge in [-0.15, -0.1) is 0 Å². The van der Waals surface area contributed by atoms with Gasteiger partial charge in [-0.25, -0.2) is 0 Å². The number of aliphatic hydroxyl groups is 1. The van der Waals surface area contributed by atoms with Gasteiger partial charge in [0.05, 0.1) is 11.6 Å². The van der Waals surface area contributed by atoms with Crippen molar-refractivity contribution in [2.75, 3.05) is 6.54 Å². The van der Waals surface area contributed by atoms with Crippen molar-refractivity contribution in [2.45, 2.75) is 44.8 Å². The summed E-state index contributed by atoms with van der Waals surface area (Å²) in [6.07, 6.45) is 3.35. The van der Waals surface area contributed by atoms with Crippen LogP contribution in [0, 0.1) is 5.41 Å². The first-order valence-electron chi connectivity index (χ1n) is 6.58. The smallest absolute Gasteiger partial charge is 0.0866 e. The Morgan fingerprint density at radius 3 is 2.76 bits per heavy atom. The summed E-state index contributed by atoms with van der Waals surface area (Å²) >= 11 is 0. The van der Waals surface area contributed by atoms with Crippen molar-refractivity contribution in [3.05, 3.63) is 35.4 Å². The summed E-state index contributed by atoms with van der Waals surface area (Å²) in [6.45, 7) is 5.17. The zero-order valence-corrected chi connectivity index (χ0v) is 10.7. The Kier molecular flexibility index (Phi) is 2.36. The highest BCUT2D eigenvalue weighted by Gasteiger charge is 2.56. The lowest BCUT2D eigenvalue weighted by Gasteiger charge is -2.42. The molecule has 0 aromatic heterocycles. The molecule has 2 heteroatoms. The van der Waals surface area contributed by atoms with Crippen LogP contribution >= 0.6 is 0 Å². The third kappa shape index (κ3) is 1.62. The van der Waals surface area contributed by atoms with Gasteiger partial charge in [-0.3, -0.25) is 0 Å². The van der Waals surface area contributed by atoms with Crippen molar-refractivity contribution >= 4 is 0 Å². The van der Waals surface area contributed by atoms with E-state index in [0.29, 0.717) is 0 Å². The van der Waals surface area contributed by atoms with Crippen LogP contribution < -0.4 is 5.32 Å². The van der Waals surface area contributed by atoms with Gasteiger partial charge < -0.3 is 10.4 Å². The van der Waals surface area contributed by atoms with E-state index in [1.54, 1.807) is 0 Å². The van der Waals surface area contributed by atoms with Gasteiger partial charge in [0.15, 0.2) is 0 Å². The molecule has 1 fully saturated rings. The van der Waals surface area contributed by atoms with Gasteiger partial charge in [0.2, 0.25) is 0 Å². The Morgan fingerprint density at radius 2 is 2.06 bits per heavy atom. The van der Waals surface area contributed by atoms with Crippen molar-refractivity contribution in [3.8, 4) is 0 Å². The van der Waals surface area contributed by atoms with Crippen molar-refractivity contribution in [1.29, 1.82) is 0 Å². The first-order chi connectivity index (χ1) is 8.05. The monoisotopic (exact) mass is 231 g/mol. The predicted octanol–water partition coefficient (Wildman–Crippen LogP) is 2.42. The quantitative estimate of drug-likeness (QED) is 0.819. The second-order valence-electron chi connectivity index (χ2n) is 6.04. The van der Waals surface area contributed by atoms with E-state index in [1.807, 2.05) is 6.92 Å². The van der Waals surface area contributed by atoms with Crippen molar-refractivity contribution in [1.82, 2.24) is 5.32 Å². The van der Waals surface area contributed by atoms with Crippen LogP contribution in [0.3, 0.4) is 0 Å². The van der Waals surface area contributed by atoms with Gasteiger partial charge in [0, 0.05) is 0 Å². The van der Waals surface area contributed by atoms with E-state index in [9.17, 15) is 5.11 Å². The summed E-state index contributed by atoms with van der Waals surface area (Å²) in [5.41, 5.74) is 2.12. The maximum Gasteiger partial charge on any atom is 0.0866 e. The normalized spacial score (nSPS) is 29.2. The highest BCUT2D eigenvalue weighted by Crippen LogP contribution is 2.57. The predicted molar refractivity (Wildman–Crippen MR) is 68.9 cm³/mol. The fraction of sp³-hybridized carbons (Fsp3) is 0.600. The van der Waals surface area contributed by atoms with Gasteiger partial charge in [0.1, 0.15) is 0 Å². The molecular weight excluding hydrogens is 210 g/mol. The van der Waals surface area contributed by atoms with Gasteiger partial charge in [0.25, 0.3) is 0 Å². The van der Waals surface area contributed by atoms with Crippen LogP contribution in [-0.2, 0) is 6.42 Å². The van der Waals surface area contributed by atoms with Crippen LogP contribution in [0.15, 0.2) is 24.3 Å². The van der Waals surface area contributed by atoms with E-state index < -0.39 is 5.60 Å². The van der Waals surface area contributed by atoms with Crippen LogP contribution in [0.4, 0.5) is 0 Å². The average Bonchev–Trinajstić information content (AvgIpc) is 3.08. The van der Waals surface area contributed by atoms with Gasteiger partial charge in [-0.2, -0.15) is 0 Å². The molecule has 2 N–H and O–H groups in total. The Bertz CT molecular complexity index is 434. The van der Waals surface area contributed by atoms with E-state index in [4.69, 9.17) is 0 Å². The molecule has 1 saturated carbocycles.